The number of hydrogen-bond acceptors (Lipinski definition) is 3. The highest BCUT2D eigenvalue weighted by Crippen LogP contribution is 2.27. The molecule has 2 aliphatic rings. The fraction of sp³-hybridized carbons (Fsp3) is 0.600. The Morgan fingerprint density at radius 1 is 1.37 bits per heavy atom. The first-order valence-corrected chi connectivity index (χ1v) is 7.23. The third-order valence-electron chi connectivity index (χ3n) is 4.41. The Morgan fingerprint density at radius 3 is 3.05 bits per heavy atom. The summed E-state index contributed by atoms with van der Waals surface area (Å²) in [6, 6.07) is 4.07. The summed E-state index contributed by atoms with van der Waals surface area (Å²) in [5.74, 6) is 0.286. The van der Waals surface area contributed by atoms with Crippen molar-refractivity contribution < 1.29 is 4.79 Å². The molecule has 4 heteroatoms. The van der Waals surface area contributed by atoms with E-state index in [-0.39, 0.29) is 17.9 Å². The fourth-order valence-corrected chi connectivity index (χ4v) is 3.25. The van der Waals surface area contributed by atoms with Crippen LogP contribution >= 0.6 is 0 Å². The molecule has 19 heavy (non-hydrogen) atoms. The second-order valence-electron chi connectivity index (χ2n) is 5.67. The zero-order chi connectivity index (χ0) is 13.2. The number of nitrogens with zero attached hydrogens (tertiary/aromatic N) is 2. The van der Waals surface area contributed by atoms with Gasteiger partial charge in [-0.15, -0.1) is 0 Å². The van der Waals surface area contributed by atoms with Gasteiger partial charge in [0.2, 0.25) is 5.91 Å². The van der Waals surface area contributed by atoms with Crippen molar-refractivity contribution in [1.29, 1.82) is 0 Å². The fourth-order valence-electron chi connectivity index (χ4n) is 3.25. The van der Waals surface area contributed by atoms with Crippen LogP contribution in [-0.4, -0.2) is 28.4 Å². The van der Waals surface area contributed by atoms with Crippen LogP contribution in [0, 0.1) is 5.92 Å². The molecule has 4 nitrogen and oxygen atoms in total. The summed E-state index contributed by atoms with van der Waals surface area (Å²) in [6.45, 7) is 1.48. The topological polar surface area (TPSA) is 59.2 Å². The van der Waals surface area contributed by atoms with Crippen LogP contribution in [-0.2, 0) is 17.8 Å². The third kappa shape index (κ3) is 2.50. The zero-order valence-electron chi connectivity index (χ0n) is 11.2. The molecule has 2 unspecified atom stereocenters. The molecule has 1 aliphatic carbocycles. The molecule has 1 aliphatic heterocycles. The maximum Gasteiger partial charge on any atom is 0.227 e. The van der Waals surface area contributed by atoms with Gasteiger partial charge in [0.15, 0.2) is 0 Å². The van der Waals surface area contributed by atoms with Crippen LogP contribution < -0.4 is 5.73 Å². The van der Waals surface area contributed by atoms with E-state index in [1.165, 1.54) is 5.56 Å². The van der Waals surface area contributed by atoms with Crippen molar-refractivity contribution in [3.05, 3.63) is 29.6 Å². The van der Waals surface area contributed by atoms with Crippen LogP contribution in [0.3, 0.4) is 0 Å². The predicted molar refractivity (Wildman–Crippen MR) is 73.3 cm³/mol. The molecule has 0 saturated heterocycles. The van der Waals surface area contributed by atoms with Gasteiger partial charge in [0.05, 0.1) is 5.92 Å². The Bertz CT molecular complexity index is 474. The smallest absolute Gasteiger partial charge is 0.227 e. The van der Waals surface area contributed by atoms with Crippen molar-refractivity contribution in [2.45, 2.75) is 44.7 Å². The lowest BCUT2D eigenvalue weighted by atomic mass is 9.84. The van der Waals surface area contributed by atoms with Crippen LogP contribution in [0.1, 0.15) is 36.9 Å². The van der Waals surface area contributed by atoms with Crippen LogP contribution in [0.4, 0.5) is 0 Å². The summed E-state index contributed by atoms with van der Waals surface area (Å²) in [5, 5.41) is 0. The van der Waals surface area contributed by atoms with E-state index in [0.29, 0.717) is 6.54 Å². The highest BCUT2D eigenvalue weighted by atomic mass is 16.2. The molecule has 0 spiro atoms. The minimum atomic E-state index is 0.0342. The number of rotatable bonds is 1. The number of carbonyl (C=O) groups excluding carboxylic acids is 1. The van der Waals surface area contributed by atoms with Crippen molar-refractivity contribution >= 4 is 5.91 Å². The molecule has 2 heterocycles. The molecule has 2 atom stereocenters. The molecule has 0 aromatic carbocycles. The van der Waals surface area contributed by atoms with E-state index in [2.05, 4.69) is 11.1 Å². The molecule has 1 amide bonds. The Morgan fingerprint density at radius 2 is 2.21 bits per heavy atom. The highest BCUT2D eigenvalue weighted by Gasteiger charge is 2.32. The normalized spacial score (nSPS) is 26.9. The van der Waals surface area contributed by atoms with Gasteiger partial charge in [-0.1, -0.05) is 18.9 Å². The molecular formula is C15H21N3O. The van der Waals surface area contributed by atoms with Crippen molar-refractivity contribution in [2.24, 2.45) is 11.7 Å². The molecule has 3 rings (SSSR count). The molecule has 0 radical (unpaired) electrons. The van der Waals surface area contributed by atoms with E-state index in [0.717, 1.165) is 44.3 Å². The number of hydrogen-bond donors (Lipinski definition) is 1. The first-order valence-electron chi connectivity index (χ1n) is 7.23. The van der Waals surface area contributed by atoms with Crippen molar-refractivity contribution in [3.63, 3.8) is 0 Å². The lowest BCUT2D eigenvalue weighted by Gasteiger charge is -2.35. The number of fused-ring (bicyclic) bond motifs is 1. The third-order valence-corrected chi connectivity index (χ3v) is 4.41. The molecule has 2 N–H and O–H groups in total. The molecule has 1 saturated carbocycles. The molecular weight excluding hydrogens is 238 g/mol. The standard InChI is InChI=1S/C15H21N3O/c16-13-6-2-1-5-12(13)15(19)18-9-7-14-11(10-18)4-3-8-17-14/h3-4,8,12-13H,1-2,5-7,9-10,16H2. The van der Waals surface area contributed by atoms with E-state index in [1.54, 1.807) is 0 Å². The maximum absolute atomic E-state index is 12.6. The lowest BCUT2D eigenvalue weighted by molar-refractivity contribution is -0.138. The summed E-state index contributed by atoms with van der Waals surface area (Å²) >= 11 is 0. The van der Waals surface area contributed by atoms with Crippen LogP contribution in [0.5, 0.6) is 0 Å². The second-order valence-corrected chi connectivity index (χ2v) is 5.67. The van der Waals surface area contributed by atoms with Gasteiger partial charge in [-0.25, -0.2) is 0 Å². The quantitative estimate of drug-likeness (QED) is 0.831. The van der Waals surface area contributed by atoms with E-state index in [1.807, 2.05) is 17.2 Å². The van der Waals surface area contributed by atoms with E-state index in [9.17, 15) is 4.79 Å². The Labute approximate surface area is 114 Å². The number of amides is 1. The number of carbonyl (C=O) groups is 1. The average Bonchev–Trinajstić information content (AvgIpc) is 2.46. The van der Waals surface area contributed by atoms with Crippen LogP contribution in [0.2, 0.25) is 0 Å². The Hall–Kier alpha value is -1.42. The summed E-state index contributed by atoms with van der Waals surface area (Å²) < 4.78 is 0. The van der Waals surface area contributed by atoms with Crippen molar-refractivity contribution in [2.75, 3.05) is 6.54 Å². The van der Waals surface area contributed by atoms with Gasteiger partial charge < -0.3 is 10.6 Å². The van der Waals surface area contributed by atoms with Gasteiger partial charge in [0.1, 0.15) is 0 Å². The molecule has 1 fully saturated rings. The summed E-state index contributed by atoms with van der Waals surface area (Å²) in [6.07, 6.45) is 6.93. The molecule has 1 aromatic heterocycles. The van der Waals surface area contributed by atoms with Gasteiger partial charge in [-0.05, 0) is 24.5 Å². The van der Waals surface area contributed by atoms with Crippen molar-refractivity contribution in [1.82, 2.24) is 9.88 Å². The monoisotopic (exact) mass is 259 g/mol. The largest absolute Gasteiger partial charge is 0.338 e. The second kappa shape index (κ2) is 5.29. The minimum Gasteiger partial charge on any atom is -0.338 e. The number of nitrogens with two attached hydrogens (primary N) is 1. The van der Waals surface area contributed by atoms with Gasteiger partial charge in [-0.2, -0.15) is 0 Å². The van der Waals surface area contributed by atoms with E-state index < -0.39 is 0 Å². The average molecular weight is 259 g/mol. The summed E-state index contributed by atoms with van der Waals surface area (Å²) in [4.78, 5) is 18.9. The number of pyridine rings is 1. The minimum absolute atomic E-state index is 0.0342. The van der Waals surface area contributed by atoms with Crippen LogP contribution in [0.15, 0.2) is 18.3 Å². The van der Waals surface area contributed by atoms with Gasteiger partial charge in [0, 0.05) is 37.4 Å². The van der Waals surface area contributed by atoms with Crippen molar-refractivity contribution in [3.8, 4) is 0 Å². The molecule has 102 valence electrons. The van der Waals surface area contributed by atoms with E-state index >= 15 is 0 Å². The van der Waals surface area contributed by atoms with Gasteiger partial charge >= 0.3 is 0 Å². The summed E-state index contributed by atoms with van der Waals surface area (Å²) in [7, 11) is 0. The van der Waals surface area contributed by atoms with Gasteiger partial charge in [0.25, 0.3) is 0 Å². The Kier molecular flexibility index (Phi) is 3.51. The first kappa shape index (κ1) is 12.6. The lowest BCUT2D eigenvalue weighted by Crippen LogP contribution is -2.47. The first-order chi connectivity index (χ1) is 9.25. The summed E-state index contributed by atoms with van der Waals surface area (Å²) in [5.41, 5.74) is 8.45. The van der Waals surface area contributed by atoms with E-state index in [4.69, 9.17) is 5.73 Å². The Balaban J connectivity index is 1.72. The predicted octanol–water partition coefficient (Wildman–Crippen LogP) is 1.48. The van der Waals surface area contributed by atoms with Gasteiger partial charge in [-0.3, -0.25) is 9.78 Å². The van der Waals surface area contributed by atoms with Crippen LogP contribution in [0.25, 0.3) is 0 Å². The SMILES string of the molecule is NC1CCCCC1C(=O)N1CCc2ncccc2C1. The molecule has 0 bridgehead atoms. The molecule has 1 aromatic rings. The number of aromatic nitrogens is 1. The maximum atomic E-state index is 12.6. The highest BCUT2D eigenvalue weighted by molar-refractivity contribution is 5.80. The zero-order valence-corrected chi connectivity index (χ0v) is 11.2.